The average Bonchev–Trinajstić information content (AvgIpc) is 3.36. The van der Waals surface area contributed by atoms with Crippen molar-refractivity contribution < 1.29 is 4.79 Å². The van der Waals surface area contributed by atoms with Crippen LogP contribution in [0.1, 0.15) is 17.9 Å². The third-order valence-corrected chi connectivity index (χ3v) is 3.46. The minimum absolute atomic E-state index is 0. The van der Waals surface area contributed by atoms with Crippen LogP contribution in [0.25, 0.3) is 22.3 Å². The quantitative estimate of drug-likeness (QED) is 0.538. The number of nitrogens with one attached hydrogen (secondary N) is 2. The summed E-state index contributed by atoms with van der Waals surface area (Å²) in [5, 5.41) is 0. The van der Waals surface area contributed by atoms with Gasteiger partial charge < -0.3 is 9.97 Å². The van der Waals surface area contributed by atoms with Crippen molar-refractivity contribution in [2.75, 3.05) is 0 Å². The van der Waals surface area contributed by atoms with E-state index >= 15 is 0 Å². The summed E-state index contributed by atoms with van der Waals surface area (Å²) in [5.74, 6) is 0. The van der Waals surface area contributed by atoms with E-state index in [0.717, 1.165) is 17.4 Å². The summed E-state index contributed by atoms with van der Waals surface area (Å²) in [6.07, 6.45) is 13.5. The van der Waals surface area contributed by atoms with Crippen molar-refractivity contribution in [1.82, 2.24) is 19.9 Å². The Labute approximate surface area is 146 Å². The van der Waals surface area contributed by atoms with E-state index in [0.29, 0.717) is 5.69 Å². The largest absolute Gasteiger partial charge is 0.367 e. The maximum absolute atomic E-state index is 10.4. The molecule has 0 amide bonds. The Morgan fingerprint density at radius 1 is 0.760 bits per heavy atom. The number of carbonyl (C=O) groups excluding carboxylic acids is 1. The zero-order chi connectivity index (χ0) is 16.6. The van der Waals surface area contributed by atoms with Gasteiger partial charge in [-0.15, -0.1) is 0 Å². The minimum atomic E-state index is 0. The molecule has 0 bridgehead atoms. The van der Waals surface area contributed by atoms with Gasteiger partial charge in [0.15, 0.2) is 6.29 Å². The van der Waals surface area contributed by atoms with Crippen molar-refractivity contribution in [2.45, 2.75) is 7.43 Å². The van der Waals surface area contributed by atoms with Crippen molar-refractivity contribution in [2.24, 2.45) is 0 Å². The second-order valence-corrected chi connectivity index (χ2v) is 5.03. The molecule has 2 N–H and O–H groups in total. The molecule has 4 aromatic heterocycles. The number of aromatic amines is 2. The fourth-order valence-corrected chi connectivity index (χ4v) is 2.24. The van der Waals surface area contributed by atoms with Crippen LogP contribution >= 0.6 is 0 Å². The Morgan fingerprint density at radius 2 is 1.36 bits per heavy atom. The number of carbonyl (C=O) groups is 1. The van der Waals surface area contributed by atoms with E-state index in [4.69, 9.17) is 0 Å². The first kappa shape index (κ1) is 17.9. The normalized spacial score (nSPS) is 9.44. The van der Waals surface area contributed by atoms with Crippen molar-refractivity contribution in [3.8, 4) is 22.3 Å². The van der Waals surface area contributed by atoms with E-state index in [9.17, 15) is 4.79 Å². The molecule has 0 unspecified atom stereocenters. The van der Waals surface area contributed by atoms with Gasteiger partial charge >= 0.3 is 0 Å². The fraction of sp³-hybridized carbons (Fsp3) is 0.0500. The fourth-order valence-electron chi connectivity index (χ4n) is 2.24. The van der Waals surface area contributed by atoms with Gasteiger partial charge in [0.1, 0.15) is 0 Å². The van der Waals surface area contributed by atoms with E-state index in [1.807, 2.05) is 48.8 Å². The van der Waals surface area contributed by atoms with Crippen LogP contribution in [0.4, 0.5) is 0 Å². The molecule has 0 aromatic carbocycles. The standard InChI is InChI=1S/C10H8N2O.C9H8N2.CH4/c13-7-10-5-9(6-12-10)8-1-3-11-4-2-8;1-4-10-5-2-8(1)9-3-6-11-7-9;/h1-7,12H;1-7,11H;1H4. The molecule has 4 aromatic rings. The van der Waals surface area contributed by atoms with Crippen LogP contribution in [0.3, 0.4) is 0 Å². The highest BCUT2D eigenvalue weighted by atomic mass is 16.1. The second kappa shape index (κ2) is 8.98. The maximum Gasteiger partial charge on any atom is 0.166 e. The number of aromatic nitrogens is 4. The molecule has 0 atom stereocenters. The monoisotopic (exact) mass is 332 g/mol. The Bertz CT molecular complexity index is 868. The highest BCUT2D eigenvalue weighted by molar-refractivity contribution is 5.76. The summed E-state index contributed by atoms with van der Waals surface area (Å²) < 4.78 is 0. The summed E-state index contributed by atoms with van der Waals surface area (Å²) >= 11 is 0. The Hall–Kier alpha value is -3.47. The minimum Gasteiger partial charge on any atom is -0.367 e. The number of nitrogens with zero attached hydrogens (tertiary/aromatic N) is 2. The number of rotatable bonds is 3. The van der Waals surface area contributed by atoms with Crippen LogP contribution in [0.5, 0.6) is 0 Å². The predicted octanol–water partition coefficient (Wildman–Crippen LogP) is 4.60. The predicted molar refractivity (Wildman–Crippen MR) is 100 cm³/mol. The van der Waals surface area contributed by atoms with Crippen molar-refractivity contribution in [1.29, 1.82) is 0 Å². The van der Waals surface area contributed by atoms with Gasteiger partial charge in [-0.1, -0.05) is 7.43 Å². The molecule has 0 radical (unpaired) electrons. The van der Waals surface area contributed by atoms with Crippen LogP contribution in [-0.4, -0.2) is 26.2 Å². The Kier molecular flexibility index (Phi) is 6.42. The Morgan fingerprint density at radius 3 is 1.84 bits per heavy atom. The first-order chi connectivity index (χ1) is 11.9. The second-order valence-electron chi connectivity index (χ2n) is 5.03. The highest BCUT2D eigenvalue weighted by Crippen LogP contribution is 2.18. The van der Waals surface area contributed by atoms with Gasteiger partial charge in [-0.3, -0.25) is 14.8 Å². The van der Waals surface area contributed by atoms with E-state index in [1.165, 1.54) is 11.1 Å². The molecule has 5 nitrogen and oxygen atoms in total. The van der Waals surface area contributed by atoms with Crippen LogP contribution in [-0.2, 0) is 0 Å². The molecule has 126 valence electrons. The molecular weight excluding hydrogens is 312 g/mol. The maximum atomic E-state index is 10.4. The van der Waals surface area contributed by atoms with Crippen molar-refractivity contribution in [3.63, 3.8) is 0 Å². The van der Waals surface area contributed by atoms with E-state index < -0.39 is 0 Å². The molecule has 4 rings (SSSR count). The van der Waals surface area contributed by atoms with Crippen LogP contribution in [0.15, 0.2) is 79.8 Å². The number of H-pyrrole nitrogens is 2. The molecule has 5 heteroatoms. The van der Waals surface area contributed by atoms with E-state index in [-0.39, 0.29) is 7.43 Å². The summed E-state index contributed by atoms with van der Waals surface area (Å²) in [6, 6.07) is 11.6. The van der Waals surface area contributed by atoms with Gasteiger partial charge in [0.25, 0.3) is 0 Å². The summed E-state index contributed by atoms with van der Waals surface area (Å²) in [4.78, 5) is 24.1. The topological polar surface area (TPSA) is 74.4 Å². The molecule has 0 aliphatic heterocycles. The average molecular weight is 332 g/mol. The lowest BCUT2D eigenvalue weighted by molar-refractivity contribution is 0.111. The van der Waals surface area contributed by atoms with Crippen LogP contribution in [0, 0.1) is 0 Å². The Balaban J connectivity index is 0.000000175. The highest BCUT2D eigenvalue weighted by Gasteiger charge is 1.99. The molecule has 0 fully saturated rings. The lowest BCUT2D eigenvalue weighted by atomic mass is 10.1. The molecular formula is C20H20N4O. The van der Waals surface area contributed by atoms with Gasteiger partial charge in [0.2, 0.25) is 0 Å². The molecule has 0 aliphatic carbocycles. The van der Waals surface area contributed by atoms with E-state index in [2.05, 4.69) is 19.9 Å². The first-order valence-electron chi connectivity index (χ1n) is 7.44. The lowest BCUT2D eigenvalue weighted by Gasteiger charge is -1.93. The summed E-state index contributed by atoms with van der Waals surface area (Å²) in [5.41, 5.74) is 5.05. The van der Waals surface area contributed by atoms with Crippen LogP contribution < -0.4 is 0 Å². The number of aldehydes is 1. The SMILES string of the molecule is C.O=Cc1cc(-c2ccncc2)c[nH]1.c1cc(-c2cc[nH]c2)ccn1. The molecule has 25 heavy (non-hydrogen) atoms. The van der Waals surface area contributed by atoms with Gasteiger partial charge in [0, 0.05) is 43.4 Å². The number of pyridine rings is 2. The van der Waals surface area contributed by atoms with Gasteiger partial charge in [-0.05, 0) is 58.7 Å². The zero-order valence-electron chi connectivity index (χ0n) is 12.9. The van der Waals surface area contributed by atoms with Crippen LogP contribution in [0.2, 0.25) is 0 Å². The number of hydrogen-bond acceptors (Lipinski definition) is 3. The van der Waals surface area contributed by atoms with Gasteiger partial charge in [0.05, 0.1) is 5.69 Å². The molecule has 4 heterocycles. The molecule has 0 aliphatic rings. The molecule has 0 saturated heterocycles. The van der Waals surface area contributed by atoms with E-state index in [1.54, 1.807) is 31.0 Å². The van der Waals surface area contributed by atoms with Gasteiger partial charge in [-0.25, -0.2) is 0 Å². The summed E-state index contributed by atoms with van der Waals surface area (Å²) in [7, 11) is 0. The third kappa shape index (κ3) is 4.75. The lowest BCUT2D eigenvalue weighted by Crippen LogP contribution is -1.74. The summed E-state index contributed by atoms with van der Waals surface area (Å²) in [6.45, 7) is 0. The molecule has 0 spiro atoms. The smallest absolute Gasteiger partial charge is 0.166 e. The van der Waals surface area contributed by atoms with Gasteiger partial charge in [-0.2, -0.15) is 0 Å². The zero-order valence-corrected chi connectivity index (χ0v) is 12.9. The molecule has 0 saturated carbocycles. The van der Waals surface area contributed by atoms with Crippen molar-refractivity contribution in [3.05, 3.63) is 85.5 Å². The van der Waals surface area contributed by atoms with Crippen molar-refractivity contribution >= 4 is 6.29 Å². The first-order valence-corrected chi connectivity index (χ1v) is 7.44. The third-order valence-electron chi connectivity index (χ3n) is 3.46. The number of hydrogen-bond donors (Lipinski definition) is 2.